The van der Waals surface area contributed by atoms with Crippen LogP contribution < -0.4 is 10.6 Å². The van der Waals surface area contributed by atoms with E-state index in [0.29, 0.717) is 6.42 Å². The zero-order valence-electron chi connectivity index (χ0n) is 15.7. The molecule has 5 heteroatoms. The summed E-state index contributed by atoms with van der Waals surface area (Å²) >= 11 is 0. The number of amides is 1. The van der Waals surface area contributed by atoms with E-state index in [1.54, 1.807) is 0 Å². The van der Waals surface area contributed by atoms with Crippen molar-refractivity contribution in [1.29, 1.82) is 5.26 Å². The van der Waals surface area contributed by atoms with Crippen LogP contribution in [0.4, 0.5) is 0 Å². The average Bonchev–Trinajstić information content (AvgIpc) is 2.69. The number of fused-ring (bicyclic) bond motifs is 1. The first-order chi connectivity index (χ1) is 12.6. The fourth-order valence-corrected chi connectivity index (χ4v) is 3.28. The van der Waals surface area contributed by atoms with Crippen molar-refractivity contribution in [3.05, 3.63) is 46.7 Å². The lowest BCUT2D eigenvalue weighted by Crippen LogP contribution is -2.32. The van der Waals surface area contributed by atoms with Crippen molar-refractivity contribution in [2.24, 2.45) is 0 Å². The van der Waals surface area contributed by atoms with Gasteiger partial charge in [-0.15, -0.1) is 0 Å². The van der Waals surface area contributed by atoms with Gasteiger partial charge in [-0.1, -0.05) is 32.0 Å². The number of nitrogens with one attached hydrogen (secondary N) is 2. The first kappa shape index (κ1) is 20.0. The largest absolute Gasteiger partial charge is 0.394 e. The van der Waals surface area contributed by atoms with Crippen molar-refractivity contribution in [3.63, 3.8) is 0 Å². The van der Waals surface area contributed by atoms with E-state index in [0.717, 1.165) is 24.8 Å². The maximum absolute atomic E-state index is 12.5. The summed E-state index contributed by atoms with van der Waals surface area (Å²) in [5.41, 5.74) is 3.91. The number of nitrogens with zero attached hydrogens (tertiary/aromatic N) is 1. The van der Waals surface area contributed by atoms with E-state index in [2.05, 4.69) is 28.8 Å². The van der Waals surface area contributed by atoms with E-state index in [4.69, 9.17) is 0 Å². The Hall–Kier alpha value is -2.32. The quantitative estimate of drug-likeness (QED) is 0.494. The molecule has 2 unspecified atom stereocenters. The molecular weight excluding hydrogens is 326 g/mol. The number of nitriles is 1. The van der Waals surface area contributed by atoms with Crippen LogP contribution in [-0.4, -0.2) is 23.7 Å². The van der Waals surface area contributed by atoms with Crippen molar-refractivity contribution in [2.75, 3.05) is 6.61 Å². The van der Waals surface area contributed by atoms with Gasteiger partial charge in [-0.25, -0.2) is 0 Å². The number of aliphatic hydroxyl groups excluding tert-OH is 1. The van der Waals surface area contributed by atoms with Gasteiger partial charge in [-0.2, -0.15) is 5.26 Å². The summed E-state index contributed by atoms with van der Waals surface area (Å²) in [6, 6.07) is 8.13. The molecule has 3 N–H and O–H groups in total. The lowest BCUT2D eigenvalue weighted by molar-refractivity contribution is -0.117. The number of hydrogen-bond donors (Lipinski definition) is 3. The van der Waals surface area contributed by atoms with E-state index < -0.39 is 5.91 Å². The predicted molar refractivity (Wildman–Crippen MR) is 102 cm³/mol. The summed E-state index contributed by atoms with van der Waals surface area (Å²) < 4.78 is 0. The van der Waals surface area contributed by atoms with Gasteiger partial charge in [-0.3, -0.25) is 4.79 Å². The summed E-state index contributed by atoms with van der Waals surface area (Å²) in [5, 5.41) is 24.4. The molecule has 1 amide bonds. The number of aliphatic hydroxyl groups is 1. The molecular formula is C21H29N3O2. The van der Waals surface area contributed by atoms with Gasteiger partial charge in [0, 0.05) is 12.2 Å². The van der Waals surface area contributed by atoms with Crippen LogP contribution in [-0.2, 0) is 17.6 Å². The number of benzene rings is 1. The van der Waals surface area contributed by atoms with Crippen molar-refractivity contribution >= 4 is 5.91 Å². The molecule has 1 aliphatic rings. The Morgan fingerprint density at radius 1 is 1.27 bits per heavy atom. The normalized spacial score (nSPS) is 16.2. The highest BCUT2D eigenvalue weighted by Crippen LogP contribution is 2.26. The van der Waals surface area contributed by atoms with Crippen LogP contribution in [0, 0.1) is 11.3 Å². The minimum Gasteiger partial charge on any atom is -0.394 e. The average molecular weight is 355 g/mol. The molecule has 1 aliphatic carbocycles. The van der Waals surface area contributed by atoms with Crippen LogP contribution in [0.15, 0.2) is 30.0 Å². The van der Waals surface area contributed by atoms with Crippen molar-refractivity contribution in [2.45, 2.75) is 64.5 Å². The van der Waals surface area contributed by atoms with Crippen LogP contribution in [0.2, 0.25) is 0 Å². The van der Waals surface area contributed by atoms with Gasteiger partial charge < -0.3 is 15.7 Å². The molecule has 0 saturated carbocycles. The molecule has 0 radical (unpaired) electrons. The monoisotopic (exact) mass is 355 g/mol. The fourth-order valence-electron chi connectivity index (χ4n) is 3.28. The standard InChI is InChI=1S/C21H29N3O2/c1-3-19(14-25)23-13-18(12-22)21(26)24-20(4-2)17-10-9-15-7-5-6-8-16(15)11-17/h9-11,13,19-20,23,25H,3-8,14H2,1-2H3,(H,24,26)/b18-13-. The molecule has 26 heavy (non-hydrogen) atoms. The van der Waals surface area contributed by atoms with Crippen LogP contribution in [0.25, 0.3) is 0 Å². The maximum Gasteiger partial charge on any atom is 0.263 e. The first-order valence-electron chi connectivity index (χ1n) is 9.52. The SMILES string of the molecule is CCC(CO)N/C=C(/C#N)C(=O)NC(CC)c1ccc2c(c1)CCCC2. The second kappa shape index (κ2) is 9.98. The van der Waals surface area contributed by atoms with Gasteiger partial charge >= 0.3 is 0 Å². The second-order valence-electron chi connectivity index (χ2n) is 6.79. The van der Waals surface area contributed by atoms with Crippen molar-refractivity contribution in [3.8, 4) is 6.07 Å². The van der Waals surface area contributed by atoms with E-state index in [9.17, 15) is 15.2 Å². The summed E-state index contributed by atoms with van der Waals surface area (Å²) in [7, 11) is 0. The van der Waals surface area contributed by atoms with Gasteiger partial charge in [-0.05, 0) is 55.2 Å². The van der Waals surface area contributed by atoms with Crippen molar-refractivity contribution < 1.29 is 9.90 Å². The van der Waals surface area contributed by atoms with Gasteiger partial charge in [0.25, 0.3) is 5.91 Å². The third-order valence-electron chi connectivity index (χ3n) is 5.03. The number of aryl methyl sites for hydroxylation is 2. The Morgan fingerprint density at radius 3 is 2.62 bits per heavy atom. The van der Waals surface area contributed by atoms with Gasteiger partial charge in [0.05, 0.1) is 12.6 Å². The summed E-state index contributed by atoms with van der Waals surface area (Å²) in [6.07, 6.45) is 7.56. The Morgan fingerprint density at radius 2 is 2.00 bits per heavy atom. The van der Waals surface area contributed by atoms with E-state index in [1.807, 2.05) is 19.9 Å². The number of rotatable bonds is 8. The highest BCUT2D eigenvalue weighted by molar-refractivity contribution is 5.97. The Balaban J connectivity index is 2.09. The zero-order valence-corrected chi connectivity index (χ0v) is 15.7. The molecule has 0 bridgehead atoms. The summed E-state index contributed by atoms with van der Waals surface area (Å²) in [4.78, 5) is 12.5. The van der Waals surface area contributed by atoms with Crippen LogP contribution in [0.5, 0.6) is 0 Å². The summed E-state index contributed by atoms with van der Waals surface area (Å²) in [5.74, 6) is -0.391. The molecule has 0 fully saturated rings. The van der Waals surface area contributed by atoms with Crippen LogP contribution in [0.3, 0.4) is 0 Å². The van der Waals surface area contributed by atoms with Gasteiger partial charge in [0.15, 0.2) is 0 Å². The molecule has 2 atom stereocenters. The van der Waals surface area contributed by atoms with Gasteiger partial charge in [0.2, 0.25) is 0 Å². The fraction of sp³-hybridized carbons (Fsp3) is 0.524. The molecule has 0 heterocycles. The maximum atomic E-state index is 12.5. The Bertz CT molecular complexity index is 687. The molecule has 140 valence electrons. The minimum absolute atomic E-state index is 0.0216. The molecule has 2 rings (SSSR count). The lowest BCUT2D eigenvalue weighted by Gasteiger charge is -2.21. The molecule has 0 saturated heterocycles. The smallest absolute Gasteiger partial charge is 0.263 e. The number of hydrogen-bond acceptors (Lipinski definition) is 4. The van der Waals surface area contributed by atoms with Crippen LogP contribution in [0.1, 0.15) is 62.3 Å². The number of carbonyl (C=O) groups excluding carboxylic acids is 1. The van der Waals surface area contributed by atoms with Crippen molar-refractivity contribution in [1.82, 2.24) is 10.6 Å². The van der Waals surface area contributed by atoms with E-state index in [-0.39, 0.29) is 24.3 Å². The minimum atomic E-state index is -0.391. The second-order valence-corrected chi connectivity index (χ2v) is 6.79. The third-order valence-corrected chi connectivity index (χ3v) is 5.03. The first-order valence-corrected chi connectivity index (χ1v) is 9.52. The molecule has 5 nitrogen and oxygen atoms in total. The van der Waals surface area contributed by atoms with Crippen LogP contribution >= 0.6 is 0 Å². The molecule has 0 aliphatic heterocycles. The van der Waals surface area contributed by atoms with E-state index in [1.165, 1.54) is 30.2 Å². The van der Waals surface area contributed by atoms with Gasteiger partial charge in [0.1, 0.15) is 11.6 Å². The Labute approximate surface area is 156 Å². The van der Waals surface area contributed by atoms with E-state index >= 15 is 0 Å². The summed E-state index contributed by atoms with van der Waals surface area (Å²) in [6.45, 7) is 3.91. The predicted octanol–water partition coefficient (Wildman–Crippen LogP) is 2.90. The number of carbonyl (C=O) groups is 1. The molecule has 0 aromatic heterocycles. The topological polar surface area (TPSA) is 85.2 Å². The Kier molecular flexibility index (Phi) is 7.68. The lowest BCUT2D eigenvalue weighted by atomic mass is 9.88. The zero-order chi connectivity index (χ0) is 18.9. The highest BCUT2D eigenvalue weighted by Gasteiger charge is 2.18. The molecule has 1 aromatic carbocycles. The highest BCUT2D eigenvalue weighted by atomic mass is 16.3. The molecule has 1 aromatic rings. The third kappa shape index (κ3) is 5.09. The molecule has 0 spiro atoms.